The molecule has 0 aromatic heterocycles. The quantitative estimate of drug-likeness (QED) is 0.882. The molecule has 110 valence electrons. The van der Waals surface area contributed by atoms with Gasteiger partial charge in [0, 0.05) is 18.2 Å². The summed E-state index contributed by atoms with van der Waals surface area (Å²) in [4.78, 5) is 2.29. The number of halogens is 1. The van der Waals surface area contributed by atoms with Crippen LogP contribution in [0, 0.1) is 5.92 Å². The van der Waals surface area contributed by atoms with Gasteiger partial charge in [0.15, 0.2) is 0 Å². The van der Waals surface area contributed by atoms with E-state index in [-0.39, 0.29) is 6.04 Å². The molecule has 20 heavy (non-hydrogen) atoms. The van der Waals surface area contributed by atoms with Gasteiger partial charge in [-0.3, -0.25) is 4.90 Å². The molecule has 0 bridgehead atoms. The van der Waals surface area contributed by atoms with Crippen molar-refractivity contribution in [2.24, 2.45) is 11.7 Å². The van der Waals surface area contributed by atoms with Crippen LogP contribution in [0.25, 0.3) is 0 Å². The number of hydrogen-bond donors (Lipinski definition) is 2. The Balaban J connectivity index is 2.00. The molecular weight excluding hydrogens is 272 g/mol. The number of aromatic hydroxyl groups is 1. The Morgan fingerprint density at radius 1 is 1.40 bits per heavy atom. The highest BCUT2D eigenvalue weighted by Crippen LogP contribution is 2.44. The van der Waals surface area contributed by atoms with Crippen LogP contribution in [-0.4, -0.2) is 30.1 Å². The zero-order valence-electron chi connectivity index (χ0n) is 12.0. The molecule has 0 spiro atoms. The van der Waals surface area contributed by atoms with Crippen LogP contribution in [0.15, 0.2) is 6.07 Å². The lowest BCUT2D eigenvalue weighted by atomic mass is 9.87. The van der Waals surface area contributed by atoms with Crippen molar-refractivity contribution in [3.8, 4) is 5.75 Å². The number of phenolic OH excluding ortho intramolecular Hbond substituents is 1. The van der Waals surface area contributed by atoms with Crippen molar-refractivity contribution in [3.05, 3.63) is 27.8 Å². The molecule has 2 atom stereocenters. The summed E-state index contributed by atoms with van der Waals surface area (Å²) in [6.07, 6.45) is 5.48. The molecule has 3 nitrogen and oxygen atoms in total. The molecule has 0 saturated carbocycles. The van der Waals surface area contributed by atoms with Crippen molar-refractivity contribution >= 4 is 11.6 Å². The van der Waals surface area contributed by atoms with E-state index in [1.165, 1.54) is 18.4 Å². The molecule has 1 fully saturated rings. The van der Waals surface area contributed by atoms with Gasteiger partial charge in [0.25, 0.3) is 0 Å². The highest BCUT2D eigenvalue weighted by Gasteiger charge is 2.33. The first-order chi connectivity index (χ1) is 9.61. The summed E-state index contributed by atoms with van der Waals surface area (Å²) in [5.74, 6) is 0.807. The summed E-state index contributed by atoms with van der Waals surface area (Å²) in [5.41, 5.74) is 9.29. The lowest BCUT2D eigenvalue weighted by molar-refractivity contribution is 0.305. The van der Waals surface area contributed by atoms with Gasteiger partial charge in [0.1, 0.15) is 5.75 Å². The van der Waals surface area contributed by atoms with Crippen LogP contribution in [0.2, 0.25) is 5.02 Å². The summed E-state index contributed by atoms with van der Waals surface area (Å²) in [5, 5.41) is 11.1. The van der Waals surface area contributed by atoms with Crippen LogP contribution in [0.5, 0.6) is 5.75 Å². The first-order valence-electron chi connectivity index (χ1n) is 7.55. The second kappa shape index (κ2) is 5.55. The zero-order valence-corrected chi connectivity index (χ0v) is 12.8. The molecule has 4 heteroatoms. The van der Waals surface area contributed by atoms with Gasteiger partial charge >= 0.3 is 0 Å². The number of fused-ring (bicyclic) bond motifs is 1. The van der Waals surface area contributed by atoms with Crippen LogP contribution >= 0.6 is 11.6 Å². The van der Waals surface area contributed by atoms with Crippen molar-refractivity contribution in [2.45, 2.75) is 38.1 Å². The smallest absolute Gasteiger partial charge is 0.139 e. The highest BCUT2D eigenvalue weighted by atomic mass is 35.5. The van der Waals surface area contributed by atoms with E-state index in [9.17, 15) is 5.11 Å². The van der Waals surface area contributed by atoms with Gasteiger partial charge in [-0.1, -0.05) is 17.7 Å². The van der Waals surface area contributed by atoms with Crippen molar-refractivity contribution in [3.63, 3.8) is 0 Å². The molecular formula is C16H23ClN2O. The maximum atomic E-state index is 10.5. The fourth-order valence-electron chi connectivity index (χ4n) is 3.76. The van der Waals surface area contributed by atoms with E-state index in [4.69, 9.17) is 17.3 Å². The molecule has 2 aliphatic rings. The van der Waals surface area contributed by atoms with Gasteiger partial charge in [-0.25, -0.2) is 0 Å². The second-order valence-corrected chi connectivity index (χ2v) is 6.64. The molecule has 1 aliphatic heterocycles. The Bertz CT molecular complexity index is 518. The molecule has 1 aliphatic carbocycles. The number of rotatable bonds is 2. The molecule has 3 rings (SSSR count). The lowest BCUT2D eigenvalue weighted by Gasteiger charge is -2.25. The van der Waals surface area contributed by atoms with E-state index in [0.29, 0.717) is 23.2 Å². The minimum absolute atomic E-state index is 0.244. The van der Waals surface area contributed by atoms with Crippen LogP contribution in [0.1, 0.15) is 42.0 Å². The zero-order chi connectivity index (χ0) is 14.3. The fourth-order valence-corrected chi connectivity index (χ4v) is 4.08. The molecule has 1 aromatic carbocycles. The minimum atomic E-state index is 0.244. The van der Waals surface area contributed by atoms with E-state index in [1.54, 1.807) is 0 Å². The Morgan fingerprint density at radius 3 is 2.85 bits per heavy atom. The van der Waals surface area contributed by atoms with E-state index >= 15 is 0 Å². The Morgan fingerprint density at radius 2 is 2.15 bits per heavy atom. The van der Waals surface area contributed by atoms with Crippen molar-refractivity contribution in [1.29, 1.82) is 0 Å². The van der Waals surface area contributed by atoms with Gasteiger partial charge in [-0.15, -0.1) is 0 Å². The number of nitrogens with two attached hydrogens (primary N) is 1. The standard InChI is InChI=1S/C16H23ClN2O/c1-19-9-10(8-18)6-14(19)13-7-11-4-2-3-5-12(11)15(17)16(13)20/h7,10,14,20H,2-6,8-9,18H2,1H3. The van der Waals surface area contributed by atoms with Crippen LogP contribution in [-0.2, 0) is 12.8 Å². The molecule has 1 aromatic rings. The topological polar surface area (TPSA) is 49.5 Å². The normalized spacial score (nSPS) is 26.8. The van der Waals surface area contributed by atoms with Gasteiger partial charge < -0.3 is 10.8 Å². The van der Waals surface area contributed by atoms with Gasteiger partial charge in [-0.2, -0.15) is 0 Å². The fraction of sp³-hybridized carbons (Fsp3) is 0.625. The molecule has 1 saturated heterocycles. The third kappa shape index (κ3) is 2.32. The molecule has 3 N–H and O–H groups in total. The largest absolute Gasteiger partial charge is 0.506 e. The van der Waals surface area contributed by atoms with Gasteiger partial charge in [0.2, 0.25) is 0 Å². The Kier molecular flexibility index (Phi) is 3.93. The third-order valence-electron chi connectivity index (χ3n) is 4.91. The maximum Gasteiger partial charge on any atom is 0.139 e. The first kappa shape index (κ1) is 14.2. The molecule has 0 radical (unpaired) electrons. The average molecular weight is 295 g/mol. The molecule has 2 unspecified atom stereocenters. The first-order valence-corrected chi connectivity index (χ1v) is 7.93. The summed E-state index contributed by atoms with van der Waals surface area (Å²) in [6.45, 7) is 1.70. The van der Waals surface area contributed by atoms with Gasteiger partial charge in [-0.05, 0) is 62.7 Å². The van der Waals surface area contributed by atoms with E-state index < -0.39 is 0 Å². The maximum absolute atomic E-state index is 10.5. The van der Waals surface area contributed by atoms with Crippen molar-refractivity contribution in [2.75, 3.05) is 20.1 Å². The number of aryl methyl sites for hydroxylation is 1. The second-order valence-electron chi connectivity index (χ2n) is 6.27. The predicted octanol–water partition coefficient (Wildman–Crippen LogP) is 2.88. The number of likely N-dealkylation sites (tertiary alicyclic amines) is 1. The van der Waals surface area contributed by atoms with Gasteiger partial charge in [0.05, 0.1) is 5.02 Å². The number of hydrogen-bond acceptors (Lipinski definition) is 3. The number of nitrogens with zero attached hydrogens (tertiary/aromatic N) is 1. The third-order valence-corrected chi connectivity index (χ3v) is 5.32. The van der Waals surface area contributed by atoms with Crippen LogP contribution in [0.4, 0.5) is 0 Å². The SMILES string of the molecule is CN1CC(CN)CC1c1cc2c(c(Cl)c1O)CCCC2. The number of phenols is 1. The highest BCUT2D eigenvalue weighted by molar-refractivity contribution is 6.33. The van der Waals surface area contributed by atoms with Crippen LogP contribution < -0.4 is 5.73 Å². The van der Waals surface area contributed by atoms with E-state index in [2.05, 4.69) is 18.0 Å². The molecule has 0 amide bonds. The van der Waals surface area contributed by atoms with E-state index in [0.717, 1.165) is 36.9 Å². The summed E-state index contributed by atoms with van der Waals surface area (Å²) >= 11 is 6.42. The predicted molar refractivity (Wildman–Crippen MR) is 82.3 cm³/mol. The number of benzene rings is 1. The summed E-state index contributed by atoms with van der Waals surface area (Å²) in [7, 11) is 2.10. The van der Waals surface area contributed by atoms with Crippen molar-refractivity contribution < 1.29 is 5.11 Å². The summed E-state index contributed by atoms with van der Waals surface area (Å²) < 4.78 is 0. The Hall–Kier alpha value is -0.770. The molecule has 1 heterocycles. The van der Waals surface area contributed by atoms with E-state index in [1.807, 2.05) is 0 Å². The minimum Gasteiger partial charge on any atom is -0.506 e. The summed E-state index contributed by atoms with van der Waals surface area (Å²) in [6, 6.07) is 2.43. The van der Waals surface area contributed by atoms with Crippen molar-refractivity contribution in [1.82, 2.24) is 4.90 Å². The lowest BCUT2D eigenvalue weighted by Crippen LogP contribution is -2.21. The Labute approximate surface area is 125 Å². The average Bonchev–Trinajstić information content (AvgIpc) is 2.84. The monoisotopic (exact) mass is 294 g/mol. The van der Waals surface area contributed by atoms with Crippen LogP contribution in [0.3, 0.4) is 0 Å².